The van der Waals surface area contributed by atoms with Gasteiger partial charge in [-0.1, -0.05) is 26.3 Å². The molecule has 0 aliphatic heterocycles. The van der Waals surface area contributed by atoms with Crippen molar-refractivity contribution in [1.29, 1.82) is 0 Å². The van der Waals surface area contributed by atoms with Crippen LogP contribution in [0.3, 0.4) is 0 Å². The lowest BCUT2D eigenvalue weighted by Crippen LogP contribution is -2.40. The Morgan fingerprint density at radius 1 is 1.14 bits per heavy atom. The molecule has 0 aromatic heterocycles. The average Bonchev–Trinajstić information content (AvgIpc) is 2.72. The first kappa shape index (κ1) is 22.4. The van der Waals surface area contributed by atoms with Crippen LogP contribution in [0, 0.1) is 5.41 Å². The molecule has 1 atom stereocenters. The van der Waals surface area contributed by atoms with Crippen LogP contribution in [0.5, 0.6) is 0 Å². The molecular formula is C23H35NO4. The summed E-state index contributed by atoms with van der Waals surface area (Å²) >= 11 is 0. The van der Waals surface area contributed by atoms with Crippen LogP contribution in [0.25, 0.3) is 0 Å². The molecule has 5 heteroatoms. The molecule has 0 radical (unpaired) electrons. The predicted octanol–water partition coefficient (Wildman–Crippen LogP) is 4.07. The molecule has 0 amide bonds. The molecule has 3 rings (SSSR count). The fourth-order valence-corrected chi connectivity index (χ4v) is 4.15. The highest BCUT2D eigenvalue weighted by atomic mass is 16.5. The van der Waals surface area contributed by atoms with Gasteiger partial charge in [-0.2, -0.15) is 0 Å². The molecule has 1 aromatic rings. The number of nitrogens with one attached hydrogen (secondary N) is 1. The van der Waals surface area contributed by atoms with Crippen LogP contribution in [0.2, 0.25) is 0 Å². The first-order valence-corrected chi connectivity index (χ1v) is 10.6. The highest BCUT2D eigenvalue weighted by Crippen LogP contribution is 2.40. The summed E-state index contributed by atoms with van der Waals surface area (Å²) in [5, 5.41) is 3.57. The van der Waals surface area contributed by atoms with E-state index < -0.39 is 5.41 Å². The highest BCUT2D eigenvalue weighted by Gasteiger charge is 2.42. The predicted molar refractivity (Wildman–Crippen MR) is 110 cm³/mol. The normalized spacial score (nSPS) is 20.9. The van der Waals surface area contributed by atoms with Gasteiger partial charge in [0.1, 0.15) is 0 Å². The Morgan fingerprint density at radius 2 is 1.89 bits per heavy atom. The molecule has 156 valence electrons. The molecule has 0 heterocycles. The van der Waals surface area contributed by atoms with E-state index in [1.807, 2.05) is 26.0 Å². The van der Waals surface area contributed by atoms with Gasteiger partial charge < -0.3 is 14.8 Å². The molecule has 28 heavy (non-hydrogen) atoms. The SMILES string of the molecule is CC.COC(=O)c1ccc2c(c1)CCC(CCCNC1CCC1)(C(=O)OC)C2. The minimum absolute atomic E-state index is 0.108. The number of methoxy groups -OCH3 is 2. The van der Waals surface area contributed by atoms with E-state index in [1.165, 1.54) is 33.5 Å². The number of fused-ring (bicyclic) bond motifs is 1. The molecule has 5 nitrogen and oxygen atoms in total. The third kappa shape index (κ3) is 5.13. The van der Waals surface area contributed by atoms with E-state index >= 15 is 0 Å². The van der Waals surface area contributed by atoms with Gasteiger partial charge in [-0.15, -0.1) is 0 Å². The fourth-order valence-electron chi connectivity index (χ4n) is 4.15. The second-order valence-electron chi connectivity index (χ2n) is 7.61. The van der Waals surface area contributed by atoms with Crippen molar-refractivity contribution in [1.82, 2.24) is 5.32 Å². The number of hydrogen-bond acceptors (Lipinski definition) is 5. The topological polar surface area (TPSA) is 64.6 Å². The summed E-state index contributed by atoms with van der Waals surface area (Å²) in [5.74, 6) is -0.427. The van der Waals surface area contributed by atoms with Gasteiger partial charge in [-0.3, -0.25) is 4.79 Å². The highest BCUT2D eigenvalue weighted by molar-refractivity contribution is 5.89. The zero-order valence-electron chi connectivity index (χ0n) is 17.8. The van der Waals surface area contributed by atoms with Crippen LogP contribution in [0.15, 0.2) is 18.2 Å². The number of benzene rings is 1. The number of carbonyl (C=O) groups is 2. The summed E-state index contributed by atoms with van der Waals surface area (Å²) in [6.07, 6.45) is 7.91. The number of esters is 2. The zero-order valence-corrected chi connectivity index (χ0v) is 17.8. The third-order valence-corrected chi connectivity index (χ3v) is 6.02. The van der Waals surface area contributed by atoms with Crippen molar-refractivity contribution in [3.63, 3.8) is 0 Å². The number of rotatable bonds is 7. The number of hydrogen-bond donors (Lipinski definition) is 1. The van der Waals surface area contributed by atoms with Crippen LogP contribution >= 0.6 is 0 Å². The molecular weight excluding hydrogens is 354 g/mol. The lowest BCUT2D eigenvalue weighted by molar-refractivity contribution is -0.154. The maximum Gasteiger partial charge on any atom is 0.337 e. The van der Waals surface area contributed by atoms with Crippen molar-refractivity contribution in [3.05, 3.63) is 34.9 Å². The summed E-state index contributed by atoms with van der Waals surface area (Å²) in [5.41, 5.74) is 2.40. The van der Waals surface area contributed by atoms with Crippen molar-refractivity contribution >= 4 is 11.9 Å². The maximum atomic E-state index is 12.6. The molecule has 2 aliphatic rings. The summed E-state index contributed by atoms with van der Waals surface area (Å²) < 4.78 is 9.97. The molecule has 1 aromatic carbocycles. The van der Waals surface area contributed by atoms with Crippen LogP contribution in [0.1, 0.15) is 73.9 Å². The van der Waals surface area contributed by atoms with E-state index in [4.69, 9.17) is 9.47 Å². The second-order valence-corrected chi connectivity index (χ2v) is 7.61. The van der Waals surface area contributed by atoms with Crippen LogP contribution < -0.4 is 5.32 Å². The molecule has 2 aliphatic carbocycles. The Bertz CT molecular complexity index is 669. The Balaban J connectivity index is 0.00000136. The van der Waals surface area contributed by atoms with Crippen molar-refractivity contribution in [2.45, 2.75) is 71.3 Å². The summed E-state index contributed by atoms with van der Waals surface area (Å²) in [7, 11) is 2.87. The summed E-state index contributed by atoms with van der Waals surface area (Å²) in [4.78, 5) is 24.3. The van der Waals surface area contributed by atoms with Crippen molar-refractivity contribution in [2.24, 2.45) is 5.41 Å². The van der Waals surface area contributed by atoms with Gasteiger partial charge in [0, 0.05) is 6.04 Å². The minimum Gasteiger partial charge on any atom is -0.469 e. The van der Waals surface area contributed by atoms with Crippen LogP contribution in [-0.4, -0.2) is 38.7 Å². The second kappa shape index (κ2) is 10.6. The molecule has 0 bridgehead atoms. The standard InChI is InChI=1S/C21H29NO4.C2H6/c1-25-19(23)16-7-8-17-14-21(20(24)26-2,11-9-15(17)13-16)10-4-12-22-18-5-3-6-18;1-2/h7-8,13,18,22H,3-6,9-12,14H2,1-2H3;1-2H3. The van der Waals surface area contributed by atoms with Crippen molar-refractivity contribution < 1.29 is 19.1 Å². The van der Waals surface area contributed by atoms with Gasteiger partial charge in [-0.25, -0.2) is 4.79 Å². The van der Waals surface area contributed by atoms with Crippen LogP contribution in [0.4, 0.5) is 0 Å². The lowest BCUT2D eigenvalue weighted by atomic mass is 9.68. The summed E-state index contributed by atoms with van der Waals surface area (Å²) in [6.45, 7) is 4.96. The van der Waals surface area contributed by atoms with Crippen molar-refractivity contribution in [2.75, 3.05) is 20.8 Å². The van der Waals surface area contributed by atoms with E-state index in [9.17, 15) is 9.59 Å². The average molecular weight is 390 g/mol. The minimum atomic E-state index is -0.449. The van der Waals surface area contributed by atoms with E-state index in [0.29, 0.717) is 18.0 Å². The molecule has 1 N–H and O–H groups in total. The third-order valence-electron chi connectivity index (χ3n) is 6.02. The van der Waals surface area contributed by atoms with E-state index in [2.05, 4.69) is 5.32 Å². The van der Waals surface area contributed by atoms with Gasteiger partial charge in [0.2, 0.25) is 0 Å². The van der Waals surface area contributed by atoms with Gasteiger partial charge in [0.15, 0.2) is 0 Å². The van der Waals surface area contributed by atoms with E-state index in [0.717, 1.165) is 43.4 Å². The first-order valence-electron chi connectivity index (χ1n) is 10.6. The Labute approximate surface area is 169 Å². The smallest absolute Gasteiger partial charge is 0.337 e. The van der Waals surface area contributed by atoms with Crippen molar-refractivity contribution in [3.8, 4) is 0 Å². The maximum absolute atomic E-state index is 12.6. The monoisotopic (exact) mass is 389 g/mol. The van der Waals surface area contributed by atoms with Gasteiger partial charge in [0.25, 0.3) is 0 Å². The quantitative estimate of drug-likeness (QED) is 0.562. The lowest BCUT2D eigenvalue weighted by Gasteiger charge is -2.36. The van der Waals surface area contributed by atoms with Gasteiger partial charge >= 0.3 is 11.9 Å². The van der Waals surface area contributed by atoms with E-state index in [1.54, 1.807) is 6.07 Å². The van der Waals surface area contributed by atoms with Crippen LogP contribution in [-0.2, 0) is 27.1 Å². The number of carbonyl (C=O) groups excluding carboxylic acids is 2. The Kier molecular flexibility index (Phi) is 8.49. The summed E-state index contributed by atoms with van der Waals surface area (Å²) in [6, 6.07) is 6.33. The van der Waals surface area contributed by atoms with Gasteiger partial charge in [0.05, 0.1) is 25.2 Å². The molecule has 1 unspecified atom stereocenters. The molecule has 0 spiro atoms. The molecule has 0 saturated heterocycles. The number of aryl methyl sites for hydroxylation is 1. The first-order chi connectivity index (χ1) is 13.6. The number of ether oxygens (including phenoxy) is 2. The largest absolute Gasteiger partial charge is 0.469 e. The van der Waals surface area contributed by atoms with Gasteiger partial charge in [-0.05, 0) is 74.8 Å². The Morgan fingerprint density at radius 3 is 2.50 bits per heavy atom. The zero-order chi connectivity index (χ0) is 20.6. The fraction of sp³-hybridized carbons (Fsp3) is 0.652. The Hall–Kier alpha value is -1.88. The van der Waals surface area contributed by atoms with E-state index in [-0.39, 0.29) is 11.9 Å². The molecule has 1 saturated carbocycles. The molecule has 1 fully saturated rings.